The summed E-state index contributed by atoms with van der Waals surface area (Å²) in [7, 11) is 1.88. The maximum absolute atomic E-state index is 12.9. The number of rotatable bonds is 3. The van der Waals surface area contributed by atoms with Crippen LogP contribution in [0.3, 0.4) is 0 Å². The summed E-state index contributed by atoms with van der Waals surface area (Å²) in [6.07, 6.45) is 5.42. The van der Waals surface area contributed by atoms with Crippen LogP contribution in [0.25, 0.3) is 28.2 Å². The minimum atomic E-state index is -0.462. The Bertz CT molecular complexity index is 1570. The summed E-state index contributed by atoms with van der Waals surface area (Å²) >= 11 is 0. The molecular weight excluding hydrogens is 458 g/mol. The number of phenols is 1. The van der Waals surface area contributed by atoms with Gasteiger partial charge in [-0.15, -0.1) is 0 Å². The summed E-state index contributed by atoms with van der Waals surface area (Å²) in [6, 6.07) is 14.0. The molecule has 36 heavy (non-hydrogen) atoms. The number of aliphatic hydroxyl groups excluding tert-OH is 1. The minimum absolute atomic E-state index is 0.0946. The van der Waals surface area contributed by atoms with Crippen molar-refractivity contribution in [2.24, 2.45) is 7.05 Å². The zero-order chi connectivity index (χ0) is 25.0. The van der Waals surface area contributed by atoms with Crippen LogP contribution in [-0.4, -0.2) is 55.5 Å². The van der Waals surface area contributed by atoms with Crippen LogP contribution in [0.15, 0.2) is 66.7 Å². The number of likely N-dealkylation sites (tertiary alicyclic amines) is 1. The van der Waals surface area contributed by atoms with Crippen molar-refractivity contribution in [2.45, 2.75) is 12.5 Å². The van der Waals surface area contributed by atoms with Crippen LogP contribution in [0.5, 0.6) is 11.5 Å². The van der Waals surface area contributed by atoms with Crippen molar-refractivity contribution in [3.05, 3.63) is 83.4 Å². The first-order chi connectivity index (χ1) is 17.4. The Morgan fingerprint density at radius 2 is 1.97 bits per heavy atom. The van der Waals surface area contributed by atoms with Gasteiger partial charge in [-0.1, -0.05) is 18.2 Å². The van der Waals surface area contributed by atoms with E-state index >= 15 is 0 Å². The fourth-order valence-corrected chi connectivity index (χ4v) is 4.95. The Balaban J connectivity index is 1.39. The van der Waals surface area contributed by atoms with Crippen molar-refractivity contribution >= 4 is 28.8 Å². The number of amides is 1. The van der Waals surface area contributed by atoms with E-state index in [0.29, 0.717) is 30.8 Å². The van der Waals surface area contributed by atoms with E-state index in [-0.39, 0.29) is 28.8 Å². The Hall–Kier alpha value is -4.43. The third-order valence-electron chi connectivity index (χ3n) is 6.74. The van der Waals surface area contributed by atoms with Crippen molar-refractivity contribution in [3.8, 4) is 22.6 Å². The van der Waals surface area contributed by atoms with E-state index in [1.165, 1.54) is 6.07 Å². The predicted molar refractivity (Wildman–Crippen MR) is 134 cm³/mol. The summed E-state index contributed by atoms with van der Waals surface area (Å²) in [5.41, 5.74) is 4.00. The van der Waals surface area contributed by atoms with Gasteiger partial charge in [0, 0.05) is 49.0 Å². The van der Waals surface area contributed by atoms with Crippen molar-refractivity contribution in [1.82, 2.24) is 14.5 Å². The molecule has 0 saturated carbocycles. The fraction of sp³-hybridized carbons (Fsp3) is 0.179. The smallest absolute Gasteiger partial charge is 0.253 e. The van der Waals surface area contributed by atoms with Gasteiger partial charge in [0.2, 0.25) is 5.78 Å². The van der Waals surface area contributed by atoms with Gasteiger partial charge in [0.25, 0.3) is 5.91 Å². The Labute approximate surface area is 206 Å². The summed E-state index contributed by atoms with van der Waals surface area (Å²) < 4.78 is 7.65. The van der Waals surface area contributed by atoms with Gasteiger partial charge in [-0.05, 0) is 54.0 Å². The maximum atomic E-state index is 12.9. The average molecular weight is 482 g/mol. The average Bonchev–Trinajstić information content (AvgIpc) is 3.55. The predicted octanol–water partition coefficient (Wildman–Crippen LogP) is 3.77. The van der Waals surface area contributed by atoms with Crippen LogP contribution in [0.4, 0.5) is 0 Å². The molecule has 6 rings (SSSR count). The molecule has 2 aliphatic rings. The molecule has 0 bridgehead atoms. The Morgan fingerprint density at radius 1 is 1.17 bits per heavy atom. The molecular formula is C28H23N3O5. The lowest BCUT2D eigenvalue weighted by Crippen LogP contribution is -2.29. The third-order valence-corrected chi connectivity index (χ3v) is 6.74. The first-order valence-corrected chi connectivity index (χ1v) is 11.7. The summed E-state index contributed by atoms with van der Waals surface area (Å²) in [6.45, 7) is 0.910. The van der Waals surface area contributed by atoms with E-state index < -0.39 is 6.10 Å². The van der Waals surface area contributed by atoms with Crippen molar-refractivity contribution in [3.63, 3.8) is 0 Å². The lowest BCUT2D eigenvalue weighted by molar-refractivity contribution is 0.0765. The van der Waals surface area contributed by atoms with Crippen LogP contribution < -0.4 is 4.74 Å². The number of ether oxygens (including phenoxy) is 1. The molecule has 4 heterocycles. The van der Waals surface area contributed by atoms with E-state index in [9.17, 15) is 19.8 Å². The second-order valence-corrected chi connectivity index (χ2v) is 9.11. The molecule has 1 fully saturated rings. The number of ketones is 1. The third kappa shape index (κ3) is 3.54. The van der Waals surface area contributed by atoms with Crippen LogP contribution in [0.1, 0.15) is 32.7 Å². The monoisotopic (exact) mass is 481 g/mol. The molecule has 2 aliphatic heterocycles. The van der Waals surface area contributed by atoms with Gasteiger partial charge >= 0.3 is 0 Å². The Kier molecular flexibility index (Phi) is 5.12. The number of carbonyl (C=O) groups excluding carboxylic acids is 2. The molecule has 1 saturated heterocycles. The molecule has 2 aromatic carbocycles. The maximum Gasteiger partial charge on any atom is 0.253 e. The number of fused-ring (bicyclic) bond motifs is 2. The molecule has 8 nitrogen and oxygen atoms in total. The Morgan fingerprint density at radius 3 is 2.69 bits per heavy atom. The van der Waals surface area contributed by atoms with Gasteiger partial charge in [-0.3, -0.25) is 9.59 Å². The van der Waals surface area contributed by atoms with Gasteiger partial charge in [-0.25, -0.2) is 4.98 Å². The van der Waals surface area contributed by atoms with Gasteiger partial charge < -0.3 is 24.4 Å². The van der Waals surface area contributed by atoms with Gasteiger partial charge in [0.05, 0.1) is 6.10 Å². The second kappa shape index (κ2) is 8.35. The molecule has 1 unspecified atom stereocenters. The molecule has 0 radical (unpaired) electrons. The van der Waals surface area contributed by atoms with Gasteiger partial charge in [0.1, 0.15) is 22.7 Å². The molecule has 1 amide bonds. The van der Waals surface area contributed by atoms with E-state index in [2.05, 4.69) is 4.98 Å². The summed E-state index contributed by atoms with van der Waals surface area (Å²) in [4.78, 5) is 31.9. The highest BCUT2D eigenvalue weighted by Gasteiger charge is 2.31. The van der Waals surface area contributed by atoms with Gasteiger partial charge in [0.15, 0.2) is 5.76 Å². The van der Waals surface area contributed by atoms with Crippen LogP contribution in [0.2, 0.25) is 0 Å². The standard InChI is InChI=1S/C28H23N3O5/c1-30-14-18(13-23-26(34)25-21(33)3-2-4-22(25)36-23)24-20(9-11-29-27(24)30)16-5-7-17(8-6-16)28(35)31-12-10-19(32)15-31/h2-9,11,13-14,19,32-33H,10,12,15H2,1H3/b23-13-. The number of aliphatic hydroxyl groups is 1. The molecule has 8 heteroatoms. The minimum Gasteiger partial charge on any atom is -0.507 e. The van der Waals surface area contributed by atoms with E-state index in [0.717, 1.165) is 27.7 Å². The number of pyridine rings is 1. The number of carbonyl (C=O) groups is 2. The fourth-order valence-electron chi connectivity index (χ4n) is 4.95. The number of aromatic nitrogens is 2. The molecule has 2 aromatic heterocycles. The van der Waals surface area contributed by atoms with Crippen molar-refractivity contribution in [1.29, 1.82) is 0 Å². The molecule has 0 spiro atoms. The number of allylic oxidation sites excluding steroid dienone is 1. The number of Topliss-reactive ketones (excluding diaryl/α,β-unsaturated/α-hetero) is 1. The van der Waals surface area contributed by atoms with Crippen LogP contribution in [0, 0.1) is 0 Å². The number of phenolic OH excluding ortho intramolecular Hbond substituents is 1. The number of nitrogens with zero attached hydrogens (tertiary/aromatic N) is 3. The highest BCUT2D eigenvalue weighted by molar-refractivity contribution is 6.17. The van der Waals surface area contributed by atoms with Crippen LogP contribution in [-0.2, 0) is 7.05 Å². The summed E-state index contributed by atoms with van der Waals surface area (Å²) in [5.74, 6) is -0.124. The molecule has 2 N–H and O–H groups in total. The first kappa shape index (κ1) is 22.1. The number of aromatic hydroxyl groups is 1. The lowest BCUT2D eigenvalue weighted by atomic mass is 9.99. The largest absolute Gasteiger partial charge is 0.507 e. The first-order valence-electron chi connectivity index (χ1n) is 11.7. The quantitative estimate of drug-likeness (QED) is 0.432. The SMILES string of the molecule is Cn1cc(/C=C2\Oc3cccc(O)c3C2=O)c2c(-c3ccc(C(=O)N4CCC(O)C4)cc3)ccnc21. The molecule has 180 valence electrons. The zero-order valence-electron chi connectivity index (χ0n) is 19.5. The number of β-amino-alcohol motifs (C(OH)–C–C–N with tert-alkyl or cyclic N) is 1. The zero-order valence-corrected chi connectivity index (χ0v) is 19.5. The van der Waals surface area contributed by atoms with Crippen LogP contribution >= 0.6 is 0 Å². The molecule has 0 aliphatic carbocycles. The van der Waals surface area contributed by atoms with Crippen molar-refractivity contribution < 1.29 is 24.5 Å². The normalized spacial score (nSPS) is 18.2. The number of benzene rings is 2. The van der Waals surface area contributed by atoms with Gasteiger partial charge in [-0.2, -0.15) is 0 Å². The number of aryl methyl sites for hydroxylation is 1. The van der Waals surface area contributed by atoms with E-state index in [1.54, 1.807) is 41.4 Å². The second-order valence-electron chi connectivity index (χ2n) is 9.11. The topological polar surface area (TPSA) is 105 Å². The molecule has 4 aromatic rings. The van der Waals surface area contributed by atoms with E-state index in [4.69, 9.17) is 4.74 Å². The molecule has 1 atom stereocenters. The number of hydrogen-bond acceptors (Lipinski definition) is 6. The van der Waals surface area contributed by atoms with Crippen molar-refractivity contribution in [2.75, 3.05) is 13.1 Å². The highest BCUT2D eigenvalue weighted by atomic mass is 16.5. The summed E-state index contributed by atoms with van der Waals surface area (Å²) in [5, 5.41) is 20.7. The highest BCUT2D eigenvalue weighted by Crippen LogP contribution is 2.39. The number of hydrogen-bond donors (Lipinski definition) is 2. The lowest BCUT2D eigenvalue weighted by Gasteiger charge is -2.15. The van der Waals surface area contributed by atoms with E-state index in [1.807, 2.05) is 36.0 Å².